The van der Waals surface area contributed by atoms with Crippen LogP contribution in [0.25, 0.3) is 0 Å². The smallest absolute Gasteiger partial charge is 0.224 e. The van der Waals surface area contributed by atoms with E-state index >= 15 is 0 Å². The highest BCUT2D eigenvalue weighted by Crippen LogP contribution is 2.29. The molecule has 0 atom stereocenters. The van der Waals surface area contributed by atoms with Gasteiger partial charge in [-0.15, -0.1) is 0 Å². The Morgan fingerprint density at radius 2 is 1.67 bits per heavy atom. The predicted molar refractivity (Wildman–Crippen MR) is 113 cm³/mol. The molecule has 1 aliphatic carbocycles. The fourth-order valence-corrected chi connectivity index (χ4v) is 4.25. The molecular formula is C21H25Cl2N3O. The van der Waals surface area contributed by atoms with Crippen molar-refractivity contribution in [3.8, 4) is 0 Å². The number of aromatic nitrogens is 1. The van der Waals surface area contributed by atoms with Gasteiger partial charge >= 0.3 is 0 Å². The van der Waals surface area contributed by atoms with Crippen molar-refractivity contribution in [1.29, 1.82) is 0 Å². The average Bonchev–Trinajstić information content (AvgIpc) is 3.08. The molecular weight excluding hydrogens is 381 g/mol. The average molecular weight is 406 g/mol. The lowest BCUT2D eigenvalue weighted by Gasteiger charge is -2.16. The molecule has 4 nitrogen and oxygen atoms in total. The van der Waals surface area contributed by atoms with Crippen molar-refractivity contribution in [2.24, 2.45) is 5.92 Å². The summed E-state index contributed by atoms with van der Waals surface area (Å²) in [5.74, 6) is 0.674. The Kier molecular flexibility index (Phi) is 6.61. The minimum Gasteiger partial charge on any atom is -0.381 e. The largest absolute Gasteiger partial charge is 0.381 e. The third kappa shape index (κ3) is 5.60. The summed E-state index contributed by atoms with van der Waals surface area (Å²) in [7, 11) is 0. The van der Waals surface area contributed by atoms with Crippen LogP contribution in [0.2, 0.25) is 10.3 Å². The first-order valence-electron chi connectivity index (χ1n) is 9.37. The fourth-order valence-electron chi connectivity index (χ4n) is 3.79. The number of carbonyl (C=O) groups excluding carboxylic acids is 1. The summed E-state index contributed by atoms with van der Waals surface area (Å²) in [6.45, 7) is 4.69. The molecule has 0 bridgehead atoms. The molecule has 0 saturated heterocycles. The number of nitrogens with one attached hydrogen (secondary N) is 2. The molecule has 2 aromatic rings. The number of pyridine rings is 1. The van der Waals surface area contributed by atoms with Crippen LogP contribution in [0.3, 0.4) is 0 Å². The van der Waals surface area contributed by atoms with Crippen molar-refractivity contribution in [3.05, 3.63) is 51.3 Å². The molecule has 2 N–H and O–H groups in total. The van der Waals surface area contributed by atoms with Crippen LogP contribution in [0.1, 0.15) is 48.8 Å². The van der Waals surface area contributed by atoms with E-state index in [0.717, 1.165) is 28.1 Å². The highest BCUT2D eigenvalue weighted by atomic mass is 35.5. The lowest BCUT2D eigenvalue weighted by Crippen LogP contribution is -2.17. The molecule has 6 heteroatoms. The number of aryl methyl sites for hydroxylation is 2. The molecule has 1 aliphatic rings. The van der Waals surface area contributed by atoms with Crippen molar-refractivity contribution in [3.63, 3.8) is 0 Å². The van der Waals surface area contributed by atoms with Crippen LogP contribution in [0.4, 0.5) is 11.4 Å². The standard InChI is InChI=1S/C21H25Cl2N3O/c1-13-7-16(12-24-17-10-18(22)25-19(23)11-17)8-14(2)21(13)26-20(27)9-15-5-3-4-6-15/h7-8,10-11,15H,3-6,9,12H2,1-2H3,(H,24,25)(H,26,27). The van der Waals surface area contributed by atoms with Crippen LogP contribution < -0.4 is 10.6 Å². The predicted octanol–water partition coefficient (Wildman–Crippen LogP) is 6.14. The quantitative estimate of drug-likeness (QED) is 0.567. The van der Waals surface area contributed by atoms with Crippen molar-refractivity contribution >= 4 is 40.5 Å². The number of hydrogen-bond donors (Lipinski definition) is 2. The summed E-state index contributed by atoms with van der Waals surface area (Å²) < 4.78 is 0. The fraction of sp³-hybridized carbons (Fsp3) is 0.429. The Morgan fingerprint density at radius 3 is 2.26 bits per heavy atom. The van der Waals surface area contributed by atoms with Crippen LogP contribution in [-0.4, -0.2) is 10.9 Å². The van der Waals surface area contributed by atoms with Gasteiger partial charge in [-0.25, -0.2) is 4.98 Å². The van der Waals surface area contributed by atoms with Gasteiger partial charge in [0.1, 0.15) is 10.3 Å². The third-order valence-corrected chi connectivity index (χ3v) is 5.45. The van der Waals surface area contributed by atoms with Crippen molar-refractivity contribution in [1.82, 2.24) is 4.98 Å². The molecule has 1 amide bonds. The van der Waals surface area contributed by atoms with Crippen LogP contribution in [0.15, 0.2) is 24.3 Å². The molecule has 3 rings (SSSR count). The van der Waals surface area contributed by atoms with E-state index < -0.39 is 0 Å². The van der Waals surface area contributed by atoms with Gasteiger partial charge < -0.3 is 10.6 Å². The minimum atomic E-state index is 0.125. The van der Waals surface area contributed by atoms with Crippen LogP contribution in [0, 0.1) is 19.8 Å². The number of halogens is 2. The molecule has 144 valence electrons. The number of rotatable bonds is 6. The first-order chi connectivity index (χ1) is 12.9. The lowest BCUT2D eigenvalue weighted by molar-refractivity contribution is -0.117. The second kappa shape index (κ2) is 8.94. The van der Waals surface area contributed by atoms with Crippen molar-refractivity contribution < 1.29 is 4.79 Å². The van der Waals surface area contributed by atoms with Gasteiger partial charge in [0.15, 0.2) is 0 Å². The maximum absolute atomic E-state index is 12.4. The van der Waals surface area contributed by atoms with E-state index in [1.165, 1.54) is 25.7 Å². The summed E-state index contributed by atoms with van der Waals surface area (Å²) in [5.41, 5.74) is 5.01. The Labute approximate surface area is 170 Å². The van der Waals surface area contributed by atoms with Gasteiger partial charge in [-0.05, 0) is 61.4 Å². The zero-order valence-electron chi connectivity index (χ0n) is 15.7. The number of anilines is 2. The van der Waals surface area contributed by atoms with E-state index in [4.69, 9.17) is 23.2 Å². The second-order valence-corrected chi connectivity index (χ2v) is 8.14. The minimum absolute atomic E-state index is 0.125. The molecule has 1 heterocycles. The summed E-state index contributed by atoms with van der Waals surface area (Å²) in [6.07, 6.45) is 5.50. The van der Waals surface area contributed by atoms with Gasteiger partial charge in [-0.3, -0.25) is 4.79 Å². The van der Waals surface area contributed by atoms with E-state index in [2.05, 4.69) is 27.8 Å². The molecule has 1 saturated carbocycles. The summed E-state index contributed by atoms with van der Waals surface area (Å²) >= 11 is 11.9. The van der Waals surface area contributed by atoms with E-state index in [1.807, 2.05) is 13.8 Å². The number of nitrogens with zero attached hydrogens (tertiary/aromatic N) is 1. The Hall–Kier alpha value is -1.78. The molecule has 1 aromatic heterocycles. The maximum atomic E-state index is 12.4. The lowest BCUT2D eigenvalue weighted by atomic mass is 10.0. The number of hydrogen-bond acceptors (Lipinski definition) is 3. The van der Waals surface area contributed by atoms with Crippen molar-refractivity contribution in [2.45, 2.75) is 52.5 Å². The van der Waals surface area contributed by atoms with Gasteiger partial charge in [0.05, 0.1) is 0 Å². The Morgan fingerprint density at radius 1 is 1.07 bits per heavy atom. The second-order valence-electron chi connectivity index (χ2n) is 7.36. The highest BCUT2D eigenvalue weighted by Gasteiger charge is 2.19. The van der Waals surface area contributed by atoms with E-state index in [1.54, 1.807) is 12.1 Å². The Balaban J connectivity index is 1.64. The van der Waals surface area contributed by atoms with Crippen LogP contribution >= 0.6 is 23.2 Å². The SMILES string of the molecule is Cc1cc(CNc2cc(Cl)nc(Cl)c2)cc(C)c1NC(=O)CC1CCCC1. The first-order valence-corrected chi connectivity index (χ1v) is 10.1. The van der Waals surface area contributed by atoms with E-state index in [-0.39, 0.29) is 5.91 Å². The molecule has 1 aromatic carbocycles. The Bertz CT molecular complexity index is 789. The molecule has 0 unspecified atom stereocenters. The van der Waals surface area contributed by atoms with Gasteiger partial charge in [0, 0.05) is 24.3 Å². The topological polar surface area (TPSA) is 54.0 Å². The van der Waals surface area contributed by atoms with Gasteiger partial charge in [-0.1, -0.05) is 48.2 Å². The molecule has 0 radical (unpaired) electrons. The van der Waals surface area contributed by atoms with E-state index in [0.29, 0.717) is 29.2 Å². The van der Waals surface area contributed by atoms with Gasteiger partial charge in [0.2, 0.25) is 5.91 Å². The summed E-state index contributed by atoms with van der Waals surface area (Å²) in [4.78, 5) is 16.3. The molecule has 27 heavy (non-hydrogen) atoms. The van der Waals surface area contributed by atoms with E-state index in [9.17, 15) is 4.79 Å². The molecule has 0 spiro atoms. The molecule has 0 aliphatic heterocycles. The first kappa shape index (κ1) is 20.0. The maximum Gasteiger partial charge on any atom is 0.224 e. The van der Waals surface area contributed by atoms with Gasteiger partial charge in [0.25, 0.3) is 0 Å². The van der Waals surface area contributed by atoms with Crippen LogP contribution in [-0.2, 0) is 11.3 Å². The highest BCUT2D eigenvalue weighted by molar-refractivity contribution is 6.32. The monoisotopic (exact) mass is 405 g/mol. The zero-order valence-corrected chi connectivity index (χ0v) is 17.3. The number of carbonyl (C=O) groups is 1. The van der Waals surface area contributed by atoms with Crippen LogP contribution in [0.5, 0.6) is 0 Å². The van der Waals surface area contributed by atoms with Gasteiger partial charge in [-0.2, -0.15) is 0 Å². The van der Waals surface area contributed by atoms with Crippen molar-refractivity contribution in [2.75, 3.05) is 10.6 Å². The normalized spacial score (nSPS) is 14.4. The number of amides is 1. The zero-order chi connectivity index (χ0) is 19.4. The summed E-state index contributed by atoms with van der Waals surface area (Å²) in [5, 5.41) is 7.15. The summed E-state index contributed by atoms with van der Waals surface area (Å²) in [6, 6.07) is 7.67. The number of benzene rings is 1. The molecule has 1 fully saturated rings. The third-order valence-electron chi connectivity index (χ3n) is 5.07.